The third-order valence-corrected chi connectivity index (χ3v) is 13.0. The molecule has 2 aromatic carbocycles. The van der Waals surface area contributed by atoms with Gasteiger partial charge in [0.15, 0.2) is 8.32 Å². The lowest BCUT2D eigenvalue weighted by Gasteiger charge is -2.41. The third kappa shape index (κ3) is 5.64. The molecule has 0 N–H and O–H groups in total. The maximum absolute atomic E-state index is 13.6. The largest absolute Gasteiger partial charge is 0.491 e. The van der Waals surface area contributed by atoms with Crippen LogP contribution in [-0.4, -0.2) is 32.2 Å². The minimum Gasteiger partial charge on any atom is -0.491 e. The zero-order valence-corrected chi connectivity index (χ0v) is 26.6. The van der Waals surface area contributed by atoms with Crippen molar-refractivity contribution < 1.29 is 18.7 Å². The van der Waals surface area contributed by atoms with Crippen molar-refractivity contribution in [3.05, 3.63) is 52.0 Å². The van der Waals surface area contributed by atoms with E-state index in [0.29, 0.717) is 6.61 Å². The standard InChI is InChI=1S/C30H42BrNO4Si/c1-27(2,3)35-26(33)32-24-14-11-20(31)17-23(24)29(7,8)22-13-12-21(18-25(22)32)34-19-30(15-16-30)36-37(9,10)28(4,5)6/h11-14,17-18H,15-16,19H2,1-10H3. The number of hydrogen-bond donors (Lipinski definition) is 0. The molecule has 0 radical (unpaired) electrons. The van der Waals surface area contributed by atoms with Gasteiger partial charge in [0.1, 0.15) is 18.0 Å². The first-order chi connectivity index (χ1) is 16.9. The van der Waals surface area contributed by atoms with Crippen molar-refractivity contribution in [2.24, 2.45) is 0 Å². The van der Waals surface area contributed by atoms with E-state index in [9.17, 15) is 4.79 Å². The molecule has 2 aromatic rings. The minimum absolute atomic E-state index is 0.149. The number of carbonyl (C=O) groups is 1. The zero-order chi connectivity index (χ0) is 27.6. The van der Waals surface area contributed by atoms with E-state index in [-0.39, 0.29) is 16.1 Å². The van der Waals surface area contributed by atoms with Gasteiger partial charge in [-0.3, -0.25) is 0 Å². The minimum atomic E-state index is -1.90. The van der Waals surface area contributed by atoms with Crippen LogP contribution in [0, 0.1) is 0 Å². The molecule has 1 heterocycles. The van der Waals surface area contributed by atoms with E-state index in [0.717, 1.165) is 45.6 Å². The number of fused-ring (bicyclic) bond motifs is 2. The van der Waals surface area contributed by atoms with Crippen LogP contribution in [0.3, 0.4) is 0 Å². The van der Waals surface area contributed by atoms with E-state index in [1.807, 2.05) is 45.0 Å². The molecule has 202 valence electrons. The lowest BCUT2D eigenvalue weighted by atomic mass is 9.73. The number of halogens is 1. The van der Waals surface area contributed by atoms with E-state index >= 15 is 0 Å². The Bertz CT molecular complexity index is 1210. The van der Waals surface area contributed by atoms with E-state index < -0.39 is 20.0 Å². The van der Waals surface area contributed by atoms with Crippen LogP contribution < -0.4 is 9.64 Å². The van der Waals surface area contributed by atoms with Gasteiger partial charge in [-0.15, -0.1) is 0 Å². The molecule has 1 aliphatic carbocycles. The summed E-state index contributed by atoms with van der Waals surface area (Å²) in [7, 11) is -1.90. The van der Waals surface area contributed by atoms with Crippen LogP contribution in [0.15, 0.2) is 40.9 Å². The summed E-state index contributed by atoms with van der Waals surface area (Å²) in [4.78, 5) is 15.3. The molecule has 0 saturated heterocycles. The van der Waals surface area contributed by atoms with Crippen molar-refractivity contribution in [1.29, 1.82) is 0 Å². The van der Waals surface area contributed by atoms with Crippen molar-refractivity contribution in [1.82, 2.24) is 0 Å². The van der Waals surface area contributed by atoms with Gasteiger partial charge < -0.3 is 13.9 Å². The highest BCUT2D eigenvalue weighted by molar-refractivity contribution is 9.10. The first-order valence-corrected chi connectivity index (χ1v) is 16.9. The highest BCUT2D eigenvalue weighted by atomic mass is 79.9. The summed E-state index contributed by atoms with van der Waals surface area (Å²) in [5, 5.41) is 0.149. The maximum Gasteiger partial charge on any atom is 0.419 e. The molecule has 1 saturated carbocycles. The Morgan fingerprint density at radius 1 is 0.973 bits per heavy atom. The highest BCUT2D eigenvalue weighted by Crippen LogP contribution is 2.52. The summed E-state index contributed by atoms with van der Waals surface area (Å²) in [6.07, 6.45) is 1.64. The second-order valence-electron chi connectivity index (χ2n) is 13.6. The molecule has 0 unspecified atom stereocenters. The molecule has 2 aliphatic rings. The van der Waals surface area contributed by atoms with Crippen LogP contribution in [0.4, 0.5) is 16.2 Å². The van der Waals surface area contributed by atoms with Gasteiger partial charge in [0.2, 0.25) is 0 Å². The number of carbonyl (C=O) groups excluding carboxylic acids is 1. The van der Waals surface area contributed by atoms with E-state index in [1.165, 1.54) is 0 Å². The van der Waals surface area contributed by atoms with Crippen molar-refractivity contribution in [3.8, 4) is 5.75 Å². The van der Waals surface area contributed by atoms with Crippen LogP contribution in [0.25, 0.3) is 0 Å². The van der Waals surface area contributed by atoms with Crippen molar-refractivity contribution in [3.63, 3.8) is 0 Å². The van der Waals surface area contributed by atoms with Crippen LogP contribution in [0.2, 0.25) is 18.1 Å². The lowest BCUT2D eigenvalue weighted by molar-refractivity contribution is 0.0597. The maximum atomic E-state index is 13.6. The Morgan fingerprint density at radius 2 is 1.62 bits per heavy atom. The monoisotopic (exact) mass is 587 g/mol. The molecular formula is C30H42BrNO4Si. The number of hydrogen-bond acceptors (Lipinski definition) is 4. The molecule has 0 aromatic heterocycles. The Labute approximate surface area is 232 Å². The Kier molecular flexibility index (Phi) is 6.95. The average Bonchev–Trinajstić information content (AvgIpc) is 3.49. The van der Waals surface area contributed by atoms with Gasteiger partial charge in [0, 0.05) is 16.0 Å². The molecule has 0 spiro atoms. The third-order valence-electron chi connectivity index (χ3n) is 7.92. The summed E-state index contributed by atoms with van der Waals surface area (Å²) in [6, 6.07) is 12.1. The number of benzene rings is 2. The van der Waals surface area contributed by atoms with Gasteiger partial charge in [-0.05, 0) is 87.1 Å². The molecular weight excluding hydrogens is 546 g/mol. The van der Waals surface area contributed by atoms with Crippen LogP contribution in [-0.2, 0) is 14.6 Å². The summed E-state index contributed by atoms with van der Waals surface area (Å²) >= 11 is 3.61. The number of nitrogens with zero attached hydrogens (tertiary/aromatic N) is 1. The van der Waals surface area contributed by atoms with E-state index in [1.54, 1.807) is 4.90 Å². The molecule has 4 rings (SSSR count). The molecule has 1 aliphatic heterocycles. The molecule has 1 amide bonds. The summed E-state index contributed by atoms with van der Waals surface area (Å²) in [5.41, 5.74) is 2.60. The Hall–Kier alpha value is -1.83. The van der Waals surface area contributed by atoms with Gasteiger partial charge in [0.05, 0.1) is 17.0 Å². The summed E-state index contributed by atoms with van der Waals surface area (Å²) in [5.74, 6) is 0.730. The van der Waals surface area contributed by atoms with Gasteiger partial charge in [-0.2, -0.15) is 0 Å². The van der Waals surface area contributed by atoms with Crippen LogP contribution >= 0.6 is 15.9 Å². The van der Waals surface area contributed by atoms with Gasteiger partial charge in [0.25, 0.3) is 0 Å². The molecule has 5 nitrogen and oxygen atoms in total. The van der Waals surface area contributed by atoms with Crippen molar-refractivity contribution in [2.45, 2.75) is 103 Å². The average molecular weight is 589 g/mol. The Balaban J connectivity index is 1.68. The van der Waals surface area contributed by atoms with E-state index in [4.69, 9.17) is 13.9 Å². The summed E-state index contributed by atoms with van der Waals surface area (Å²) in [6.45, 7) is 21.9. The molecule has 7 heteroatoms. The van der Waals surface area contributed by atoms with Gasteiger partial charge in [-0.25, -0.2) is 9.69 Å². The first-order valence-electron chi connectivity index (χ1n) is 13.2. The molecule has 37 heavy (non-hydrogen) atoms. The highest BCUT2D eigenvalue weighted by Gasteiger charge is 2.52. The predicted octanol–water partition coefficient (Wildman–Crippen LogP) is 9.09. The molecule has 1 fully saturated rings. The normalized spacial score (nSPS) is 18.1. The quantitative estimate of drug-likeness (QED) is 0.327. The van der Waals surface area contributed by atoms with E-state index in [2.05, 4.69) is 75.8 Å². The first kappa shape index (κ1) is 28.2. The fourth-order valence-corrected chi connectivity index (χ4v) is 6.64. The fraction of sp³-hybridized carbons (Fsp3) is 0.567. The lowest BCUT2D eigenvalue weighted by Crippen LogP contribution is -2.46. The zero-order valence-electron chi connectivity index (χ0n) is 24.0. The molecule has 0 bridgehead atoms. The van der Waals surface area contributed by atoms with Crippen molar-refractivity contribution in [2.75, 3.05) is 11.5 Å². The van der Waals surface area contributed by atoms with Crippen molar-refractivity contribution >= 4 is 41.7 Å². The number of rotatable bonds is 5. The number of ether oxygens (including phenoxy) is 2. The van der Waals surface area contributed by atoms with Crippen LogP contribution in [0.1, 0.15) is 79.4 Å². The summed E-state index contributed by atoms with van der Waals surface area (Å²) < 4.78 is 20.0. The van der Waals surface area contributed by atoms with Gasteiger partial charge in [-0.1, -0.05) is 56.6 Å². The van der Waals surface area contributed by atoms with Crippen LogP contribution in [0.5, 0.6) is 5.75 Å². The SMILES string of the molecule is CC(C)(C)OC(=O)N1c2cc(OCC3(O[Si](C)(C)C(C)(C)C)CC3)ccc2C(C)(C)c2cc(Br)ccc21. The topological polar surface area (TPSA) is 48.0 Å². The number of amides is 1. The van der Waals surface area contributed by atoms with Gasteiger partial charge >= 0.3 is 6.09 Å². The smallest absolute Gasteiger partial charge is 0.419 e. The fourth-order valence-electron chi connectivity index (χ4n) is 4.62. The molecule has 0 atom stereocenters. The number of anilines is 2. The second kappa shape index (κ2) is 9.13. The Morgan fingerprint density at radius 3 is 2.19 bits per heavy atom. The second-order valence-corrected chi connectivity index (χ2v) is 19.3. The predicted molar refractivity (Wildman–Crippen MR) is 157 cm³/mol.